The average Bonchev–Trinajstić information content (AvgIpc) is 3.67. The average molecular weight is 634 g/mol. The number of likely N-dealkylation sites (tertiary alicyclic amines) is 1. The largest absolute Gasteiger partial charge is 0.492 e. The Balaban J connectivity index is 0.888. The highest BCUT2D eigenvalue weighted by molar-refractivity contribution is 5.85. The second-order valence-corrected chi connectivity index (χ2v) is 13.9. The molecule has 8 heterocycles. The van der Waals surface area contributed by atoms with Crippen molar-refractivity contribution in [3.63, 3.8) is 0 Å². The maximum Gasteiger partial charge on any atom is 0.212 e. The third-order valence-corrected chi connectivity index (χ3v) is 10.9. The summed E-state index contributed by atoms with van der Waals surface area (Å²) in [6, 6.07) is 13.9. The minimum atomic E-state index is 0.362. The van der Waals surface area contributed by atoms with Crippen LogP contribution >= 0.6 is 0 Å². The number of anilines is 1. The van der Waals surface area contributed by atoms with Crippen molar-refractivity contribution in [2.45, 2.75) is 63.2 Å². The van der Waals surface area contributed by atoms with E-state index in [0.717, 1.165) is 80.2 Å². The third-order valence-electron chi connectivity index (χ3n) is 10.9. The Morgan fingerprint density at radius 3 is 2.60 bits per heavy atom. The van der Waals surface area contributed by atoms with Crippen LogP contribution in [0.4, 0.5) is 5.82 Å². The van der Waals surface area contributed by atoms with E-state index in [9.17, 15) is 5.26 Å². The fourth-order valence-corrected chi connectivity index (χ4v) is 7.94. The van der Waals surface area contributed by atoms with Crippen LogP contribution in [0.5, 0.6) is 11.6 Å². The number of methoxy groups -OCH3 is 1. The van der Waals surface area contributed by atoms with E-state index in [-0.39, 0.29) is 0 Å². The molecule has 47 heavy (non-hydrogen) atoms. The highest BCUT2D eigenvalue weighted by atomic mass is 16.5. The number of nitrogens with two attached hydrogens (primary N) is 1. The van der Waals surface area contributed by atoms with Crippen LogP contribution in [0.1, 0.15) is 49.7 Å². The van der Waals surface area contributed by atoms with Gasteiger partial charge >= 0.3 is 0 Å². The number of pyridine rings is 3. The van der Waals surface area contributed by atoms with Crippen LogP contribution in [-0.2, 0) is 6.54 Å². The molecule has 1 spiro atoms. The molecule has 2 N–H and O–H groups in total. The first-order valence-corrected chi connectivity index (χ1v) is 17.0. The normalized spacial score (nSPS) is 23.2. The van der Waals surface area contributed by atoms with Gasteiger partial charge in [-0.25, -0.2) is 14.5 Å². The van der Waals surface area contributed by atoms with Gasteiger partial charge in [0.2, 0.25) is 5.88 Å². The second-order valence-electron chi connectivity index (χ2n) is 13.9. The lowest BCUT2D eigenvalue weighted by atomic mass is 9.87. The highest BCUT2D eigenvalue weighted by Crippen LogP contribution is 2.52. The molecule has 0 aromatic carbocycles. The van der Waals surface area contributed by atoms with E-state index in [1.165, 1.54) is 31.4 Å². The van der Waals surface area contributed by atoms with Crippen LogP contribution in [-0.4, -0.2) is 93.9 Å². The van der Waals surface area contributed by atoms with Crippen molar-refractivity contribution < 1.29 is 9.47 Å². The smallest absolute Gasteiger partial charge is 0.212 e. The standard InChI is InChI=1S/C36H43N9O2/c1-46-34-8-5-25(16-40-34)19-44-28-13-29(44)21-43(20-28)33-7-6-26(17-39-33)31-14-30(22-45-35(31)27(15-37)18-41-45)47-12-4-2-3-11-42-23-32(38)36(24-42)9-10-36/h5-8,14,16-18,22,28-29,32H,2-4,9-13,19-21,23-24,38H2,1H3/t28?,29?,32-/m0/s1. The molecule has 4 aliphatic heterocycles. The molecule has 5 aliphatic rings. The van der Waals surface area contributed by atoms with Crippen LogP contribution in [0, 0.1) is 16.7 Å². The Labute approximate surface area is 275 Å². The van der Waals surface area contributed by atoms with Gasteiger partial charge in [0.1, 0.15) is 17.6 Å². The van der Waals surface area contributed by atoms with E-state index in [0.29, 0.717) is 41.6 Å². The fourth-order valence-electron chi connectivity index (χ4n) is 7.94. The summed E-state index contributed by atoms with van der Waals surface area (Å²) < 4.78 is 13.2. The molecule has 244 valence electrons. The molecule has 0 radical (unpaired) electrons. The first-order chi connectivity index (χ1) is 23.0. The molecule has 11 nitrogen and oxygen atoms in total. The van der Waals surface area contributed by atoms with Crippen molar-refractivity contribution in [3.05, 3.63) is 66.2 Å². The number of fused-ring (bicyclic) bond motifs is 3. The lowest BCUT2D eigenvalue weighted by molar-refractivity contribution is -0.00876. The van der Waals surface area contributed by atoms with E-state index in [1.807, 2.05) is 30.7 Å². The summed E-state index contributed by atoms with van der Waals surface area (Å²) >= 11 is 0. The molecule has 4 aromatic rings. The Hall–Kier alpha value is -4.24. The molecule has 1 aliphatic carbocycles. The van der Waals surface area contributed by atoms with E-state index in [4.69, 9.17) is 20.2 Å². The molecule has 5 fully saturated rings. The topological polar surface area (TPSA) is 121 Å². The molecule has 1 saturated carbocycles. The number of rotatable bonds is 12. The van der Waals surface area contributed by atoms with Gasteiger partial charge in [0.05, 0.1) is 37.2 Å². The van der Waals surface area contributed by atoms with Gasteiger partial charge in [0, 0.05) is 80.4 Å². The molecular weight excluding hydrogens is 590 g/mol. The number of ether oxygens (including phenoxy) is 2. The number of piperidine rings is 1. The lowest BCUT2D eigenvalue weighted by Crippen LogP contribution is -2.68. The van der Waals surface area contributed by atoms with Gasteiger partial charge in [-0.3, -0.25) is 4.90 Å². The summed E-state index contributed by atoms with van der Waals surface area (Å²) in [4.78, 5) is 16.8. The summed E-state index contributed by atoms with van der Waals surface area (Å²) in [7, 11) is 1.64. The number of nitriles is 1. The number of nitrogens with zero attached hydrogens (tertiary/aromatic N) is 8. The minimum Gasteiger partial charge on any atom is -0.492 e. The van der Waals surface area contributed by atoms with Crippen molar-refractivity contribution in [3.8, 4) is 28.8 Å². The molecule has 3 atom stereocenters. The fraction of sp³-hybridized carbons (Fsp3) is 0.500. The zero-order valence-electron chi connectivity index (χ0n) is 27.1. The zero-order valence-corrected chi connectivity index (χ0v) is 27.1. The SMILES string of the molecule is COc1ccc(CN2C3CC2CN(c2ccc(-c4cc(OCCCCCN5C[C@H](N)C6(CC6)C5)cn5ncc(C#N)c45)cn2)C3)cn1. The van der Waals surface area contributed by atoms with Crippen LogP contribution in [0.25, 0.3) is 16.6 Å². The molecule has 11 heteroatoms. The van der Waals surface area contributed by atoms with Crippen molar-refractivity contribution in [1.29, 1.82) is 5.26 Å². The summed E-state index contributed by atoms with van der Waals surface area (Å²) in [6.07, 6.45) is 14.4. The van der Waals surface area contributed by atoms with Crippen LogP contribution in [0.2, 0.25) is 0 Å². The van der Waals surface area contributed by atoms with E-state index >= 15 is 0 Å². The Kier molecular flexibility index (Phi) is 7.95. The van der Waals surface area contributed by atoms with Crippen molar-refractivity contribution in [2.24, 2.45) is 11.1 Å². The monoisotopic (exact) mass is 633 g/mol. The predicted octanol–water partition coefficient (Wildman–Crippen LogP) is 4.11. The molecule has 4 aromatic heterocycles. The maximum absolute atomic E-state index is 9.82. The van der Waals surface area contributed by atoms with Crippen LogP contribution in [0.3, 0.4) is 0 Å². The van der Waals surface area contributed by atoms with Gasteiger partial charge in [-0.05, 0) is 74.2 Å². The van der Waals surface area contributed by atoms with Crippen molar-refractivity contribution in [1.82, 2.24) is 29.4 Å². The summed E-state index contributed by atoms with van der Waals surface area (Å²) in [5.41, 5.74) is 11.2. The van der Waals surface area contributed by atoms with Gasteiger partial charge in [-0.15, -0.1) is 0 Å². The second kappa shape index (κ2) is 12.4. The Morgan fingerprint density at radius 1 is 1.02 bits per heavy atom. The predicted molar refractivity (Wildman–Crippen MR) is 179 cm³/mol. The molecular formula is C36H43N9O2. The van der Waals surface area contributed by atoms with Gasteiger partial charge in [-0.2, -0.15) is 10.4 Å². The first kappa shape index (κ1) is 30.1. The Morgan fingerprint density at radius 2 is 1.89 bits per heavy atom. The quantitative estimate of drug-likeness (QED) is 0.228. The minimum absolute atomic E-state index is 0.362. The zero-order chi connectivity index (χ0) is 32.0. The lowest BCUT2D eigenvalue weighted by Gasteiger charge is -2.56. The van der Waals surface area contributed by atoms with Gasteiger partial charge < -0.3 is 25.0 Å². The summed E-state index contributed by atoms with van der Waals surface area (Å²) in [6.45, 7) is 6.80. The van der Waals surface area contributed by atoms with Crippen LogP contribution < -0.4 is 20.1 Å². The number of unbranched alkanes of at least 4 members (excludes halogenated alkanes) is 2. The molecule has 2 bridgehead atoms. The number of piperazine rings is 1. The van der Waals surface area contributed by atoms with Crippen LogP contribution in [0.15, 0.2) is 55.1 Å². The number of aromatic nitrogens is 4. The summed E-state index contributed by atoms with van der Waals surface area (Å²) in [5.74, 6) is 2.37. The molecule has 4 saturated heterocycles. The first-order valence-electron chi connectivity index (χ1n) is 17.0. The molecule has 2 unspecified atom stereocenters. The van der Waals surface area contributed by atoms with Crippen molar-refractivity contribution in [2.75, 3.05) is 51.3 Å². The van der Waals surface area contributed by atoms with E-state index < -0.39 is 0 Å². The number of hydrogen-bond donors (Lipinski definition) is 1. The summed E-state index contributed by atoms with van der Waals surface area (Å²) in [5, 5.41) is 14.3. The third kappa shape index (κ3) is 5.90. The molecule has 9 rings (SSSR count). The molecule has 0 amide bonds. The van der Waals surface area contributed by atoms with Crippen molar-refractivity contribution >= 4 is 11.3 Å². The van der Waals surface area contributed by atoms with E-state index in [2.05, 4.69) is 49.1 Å². The van der Waals surface area contributed by atoms with Gasteiger partial charge in [-0.1, -0.05) is 6.07 Å². The van der Waals surface area contributed by atoms with Gasteiger partial charge in [0.25, 0.3) is 0 Å². The maximum atomic E-state index is 9.82. The Bertz CT molecular complexity index is 1750. The van der Waals surface area contributed by atoms with Gasteiger partial charge in [0.15, 0.2) is 0 Å². The highest BCUT2D eigenvalue weighted by Gasteiger charge is 2.53. The van der Waals surface area contributed by atoms with E-state index in [1.54, 1.807) is 17.8 Å². The number of hydrogen-bond acceptors (Lipinski definition) is 10.